The zero-order valence-corrected chi connectivity index (χ0v) is 10.6. The molecule has 2 N–H and O–H groups in total. The second kappa shape index (κ2) is 4.63. The first kappa shape index (κ1) is 11.7. The molecule has 2 aromatic rings. The lowest BCUT2D eigenvalue weighted by atomic mass is 10.2. The van der Waals surface area contributed by atoms with Crippen molar-refractivity contribution in [2.24, 2.45) is 0 Å². The lowest BCUT2D eigenvalue weighted by Gasteiger charge is -2.20. The quantitative estimate of drug-likeness (QED) is 0.827. The first-order valence-corrected chi connectivity index (χ1v) is 5.68. The van der Waals surface area contributed by atoms with Crippen LogP contribution in [-0.2, 0) is 0 Å². The molecule has 88 valence electrons. The molecule has 0 fully saturated rings. The van der Waals surface area contributed by atoms with E-state index in [0.717, 1.165) is 17.1 Å². The van der Waals surface area contributed by atoms with Gasteiger partial charge in [0.1, 0.15) is 5.82 Å². The molecule has 0 saturated heterocycles. The molecule has 1 heterocycles. The van der Waals surface area contributed by atoms with Crippen molar-refractivity contribution < 1.29 is 0 Å². The predicted octanol–water partition coefficient (Wildman–Crippen LogP) is 3.39. The molecule has 0 aliphatic carbocycles. The van der Waals surface area contributed by atoms with Gasteiger partial charge in [-0.05, 0) is 36.8 Å². The topological polar surface area (TPSA) is 42.2 Å². The fourth-order valence-corrected chi connectivity index (χ4v) is 1.88. The van der Waals surface area contributed by atoms with Crippen molar-refractivity contribution >= 4 is 28.8 Å². The van der Waals surface area contributed by atoms with Gasteiger partial charge in [0, 0.05) is 13.2 Å². The number of nitrogens with two attached hydrogens (primary N) is 1. The zero-order valence-electron chi connectivity index (χ0n) is 9.81. The van der Waals surface area contributed by atoms with Crippen molar-refractivity contribution in [1.29, 1.82) is 0 Å². The molecule has 4 heteroatoms. The summed E-state index contributed by atoms with van der Waals surface area (Å²) in [5, 5.41) is 0.554. The molecule has 0 bridgehead atoms. The number of anilines is 3. The normalized spacial score (nSPS) is 10.3. The van der Waals surface area contributed by atoms with Gasteiger partial charge in [-0.25, -0.2) is 4.98 Å². The molecule has 0 radical (unpaired) electrons. The first-order valence-electron chi connectivity index (χ1n) is 5.30. The summed E-state index contributed by atoms with van der Waals surface area (Å²) in [7, 11) is 1.92. The Kier molecular flexibility index (Phi) is 3.20. The maximum Gasteiger partial charge on any atom is 0.132 e. The van der Waals surface area contributed by atoms with Gasteiger partial charge in [-0.3, -0.25) is 0 Å². The van der Waals surface area contributed by atoms with Crippen LogP contribution in [0, 0.1) is 6.92 Å². The third kappa shape index (κ3) is 2.34. The summed E-state index contributed by atoms with van der Waals surface area (Å²) < 4.78 is 0. The highest BCUT2D eigenvalue weighted by atomic mass is 35.5. The van der Waals surface area contributed by atoms with Gasteiger partial charge in [-0.1, -0.05) is 17.7 Å². The first-order chi connectivity index (χ1) is 8.09. The largest absolute Gasteiger partial charge is 0.397 e. The van der Waals surface area contributed by atoms with Gasteiger partial charge < -0.3 is 10.6 Å². The number of nitrogen functional groups attached to an aromatic ring is 1. The molecule has 0 amide bonds. The highest BCUT2D eigenvalue weighted by Crippen LogP contribution is 2.33. The number of nitrogens with zero attached hydrogens (tertiary/aromatic N) is 2. The van der Waals surface area contributed by atoms with E-state index >= 15 is 0 Å². The van der Waals surface area contributed by atoms with Crippen LogP contribution in [0.1, 0.15) is 5.56 Å². The van der Waals surface area contributed by atoms with Crippen LogP contribution in [0.2, 0.25) is 5.02 Å². The molecule has 3 nitrogen and oxygen atoms in total. The summed E-state index contributed by atoms with van der Waals surface area (Å²) in [6.45, 7) is 2.03. The van der Waals surface area contributed by atoms with Crippen molar-refractivity contribution in [2.45, 2.75) is 6.92 Å². The van der Waals surface area contributed by atoms with Crippen LogP contribution in [0.3, 0.4) is 0 Å². The van der Waals surface area contributed by atoms with Gasteiger partial charge in [0.15, 0.2) is 0 Å². The maximum atomic E-state index is 6.18. The summed E-state index contributed by atoms with van der Waals surface area (Å²) in [6.07, 6.45) is 1.78. The standard InChI is InChI=1S/C13H14ClN3/c1-9-6-7-16-12(8-9)17(2)11-5-3-4-10(15)13(11)14/h3-8H,15H2,1-2H3. The Bertz CT molecular complexity index is 540. The van der Waals surface area contributed by atoms with Crippen LogP contribution >= 0.6 is 11.6 Å². The summed E-state index contributed by atoms with van der Waals surface area (Å²) in [5.74, 6) is 0.845. The number of benzene rings is 1. The predicted molar refractivity (Wildman–Crippen MR) is 72.9 cm³/mol. The van der Waals surface area contributed by atoms with Crippen molar-refractivity contribution in [3.63, 3.8) is 0 Å². The van der Waals surface area contributed by atoms with Crippen LogP contribution in [0.25, 0.3) is 0 Å². The Morgan fingerprint density at radius 3 is 2.76 bits per heavy atom. The SMILES string of the molecule is Cc1ccnc(N(C)c2cccc(N)c2Cl)c1. The molecule has 0 aliphatic rings. The Balaban J connectivity index is 2.44. The molecule has 2 rings (SSSR count). The van der Waals surface area contributed by atoms with Crippen LogP contribution in [0.15, 0.2) is 36.5 Å². The second-order valence-corrected chi connectivity index (χ2v) is 4.31. The fraction of sp³-hybridized carbons (Fsp3) is 0.154. The molecule has 0 aliphatic heterocycles. The number of hydrogen-bond acceptors (Lipinski definition) is 3. The summed E-state index contributed by atoms with van der Waals surface area (Å²) in [6, 6.07) is 9.53. The third-order valence-electron chi connectivity index (χ3n) is 2.61. The van der Waals surface area contributed by atoms with Crippen LogP contribution in [0.4, 0.5) is 17.2 Å². The average Bonchev–Trinajstić information content (AvgIpc) is 2.32. The van der Waals surface area contributed by atoms with Gasteiger partial charge in [0.2, 0.25) is 0 Å². The van der Waals surface area contributed by atoms with E-state index in [-0.39, 0.29) is 0 Å². The molecule has 1 aromatic heterocycles. The molecule has 1 aromatic carbocycles. The van der Waals surface area contributed by atoms with Crippen molar-refractivity contribution in [2.75, 3.05) is 17.7 Å². The van der Waals surface area contributed by atoms with Gasteiger partial charge in [0.25, 0.3) is 0 Å². The summed E-state index contributed by atoms with van der Waals surface area (Å²) in [4.78, 5) is 6.24. The second-order valence-electron chi connectivity index (χ2n) is 3.93. The van der Waals surface area contributed by atoms with Gasteiger partial charge in [-0.15, -0.1) is 0 Å². The monoisotopic (exact) mass is 247 g/mol. The lowest BCUT2D eigenvalue weighted by molar-refractivity contribution is 1.12. The van der Waals surface area contributed by atoms with Crippen molar-refractivity contribution in [3.8, 4) is 0 Å². The van der Waals surface area contributed by atoms with Crippen LogP contribution in [-0.4, -0.2) is 12.0 Å². The van der Waals surface area contributed by atoms with Gasteiger partial charge in [0.05, 0.1) is 16.4 Å². The van der Waals surface area contributed by atoms with E-state index < -0.39 is 0 Å². The van der Waals surface area contributed by atoms with E-state index in [2.05, 4.69) is 4.98 Å². The minimum atomic E-state index is 0.554. The Labute approximate surface area is 106 Å². The van der Waals surface area contributed by atoms with E-state index in [0.29, 0.717) is 10.7 Å². The number of hydrogen-bond donors (Lipinski definition) is 1. The van der Waals surface area contributed by atoms with Gasteiger partial charge >= 0.3 is 0 Å². The molecular formula is C13H14ClN3. The molecular weight excluding hydrogens is 234 g/mol. The number of aromatic nitrogens is 1. The van der Waals surface area contributed by atoms with Crippen LogP contribution in [0.5, 0.6) is 0 Å². The molecule has 17 heavy (non-hydrogen) atoms. The molecule has 0 unspecified atom stereocenters. The summed E-state index contributed by atoms with van der Waals surface area (Å²) >= 11 is 6.18. The van der Waals surface area contributed by atoms with Gasteiger partial charge in [-0.2, -0.15) is 0 Å². The number of pyridine rings is 1. The minimum absolute atomic E-state index is 0.554. The smallest absolute Gasteiger partial charge is 0.132 e. The number of halogens is 1. The van der Waals surface area contributed by atoms with Crippen LogP contribution < -0.4 is 10.6 Å². The Hall–Kier alpha value is -1.74. The molecule has 0 spiro atoms. The number of aryl methyl sites for hydroxylation is 1. The average molecular weight is 248 g/mol. The molecule has 0 atom stereocenters. The van der Waals surface area contributed by atoms with Crippen molar-refractivity contribution in [3.05, 3.63) is 47.1 Å². The maximum absolute atomic E-state index is 6.18. The van der Waals surface area contributed by atoms with E-state index in [9.17, 15) is 0 Å². The molecule has 0 saturated carbocycles. The minimum Gasteiger partial charge on any atom is -0.397 e. The Morgan fingerprint density at radius 2 is 2.06 bits per heavy atom. The van der Waals surface area contributed by atoms with E-state index in [1.165, 1.54) is 0 Å². The number of rotatable bonds is 2. The third-order valence-corrected chi connectivity index (χ3v) is 3.03. The Morgan fingerprint density at radius 1 is 1.29 bits per heavy atom. The zero-order chi connectivity index (χ0) is 12.4. The lowest BCUT2D eigenvalue weighted by Crippen LogP contribution is -2.12. The highest BCUT2D eigenvalue weighted by molar-refractivity contribution is 6.35. The van der Waals surface area contributed by atoms with Crippen molar-refractivity contribution in [1.82, 2.24) is 4.98 Å². The van der Waals surface area contributed by atoms with E-state index in [1.54, 1.807) is 12.3 Å². The summed E-state index contributed by atoms with van der Waals surface area (Å²) in [5.41, 5.74) is 8.37. The van der Waals surface area contributed by atoms with E-state index in [1.807, 2.05) is 43.1 Å². The van der Waals surface area contributed by atoms with E-state index in [4.69, 9.17) is 17.3 Å². The fourth-order valence-electron chi connectivity index (χ4n) is 1.62. The highest BCUT2D eigenvalue weighted by Gasteiger charge is 2.10.